The molecule has 0 bridgehead atoms. The maximum Gasteiger partial charge on any atom is 0.435 e. The van der Waals surface area contributed by atoms with Crippen molar-refractivity contribution < 1.29 is 40.7 Å². The van der Waals surface area contributed by atoms with E-state index in [0.29, 0.717) is 9.58 Å². The van der Waals surface area contributed by atoms with Gasteiger partial charge in [0, 0.05) is 24.8 Å². The molecule has 2 heterocycles. The van der Waals surface area contributed by atoms with Gasteiger partial charge in [0.25, 0.3) is 0 Å². The van der Waals surface area contributed by atoms with Crippen molar-refractivity contribution in [1.29, 1.82) is 0 Å². The lowest BCUT2D eigenvalue weighted by atomic mass is 9.74. The predicted octanol–water partition coefficient (Wildman–Crippen LogP) is 6.86. The Kier molecular flexibility index (Phi) is 8.84. The number of benzene rings is 2. The Hall–Kier alpha value is -4.88. The molecule has 8 nitrogen and oxygen atoms in total. The van der Waals surface area contributed by atoms with Gasteiger partial charge >= 0.3 is 18.3 Å². The first-order valence-electron chi connectivity index (χ1n) is 13.8. The van der Waals surface area contributed by atoms with E-state index in [2.05, 4.69) is 15.4 Å². The minimum Gasteiger partial charge on any atom is -0.461 e. The summed E-state index contributed by atoms with van der Waals surface area (Å²) in [6, 6.07) is 15.6. The summed E-state index contributed by atoms with van der Waals surface area (Å²) < 4.78 is 90.5. The Morgan fingerprint density at radius 2 is 1.62 bits per heavy atom. The van der Waals surface area contributed by atoms with Crippen LogP contribution >= 0.6 is 0 Å². The maximum atomic E-state index is 14.2. The van der Waals surface area contributed by atoms with Gasteiger partial charge < -0.3 is 15.0 Å². The van der Waals surface area contributed by atoms with Crippen molar-refractivity contribution in [2.75, 3.05) is 12.4 Å². The van der Waals surface area contributed by atoms with Crippen LogP contribution in [0.1, 0.15) is 35.7 Å². The molecule has 0 saturated heterocycles. The number of carbonyl (C=O) groups excluding carboxylic acids is 2. The van der Waals surface area contributed by atoms with Crippen LogP contribution in [0, 0.1) is 11.8 Å². The summed E-state index contributed by atoms with van der Waals surface area (Å²) in [5, 5.41) is 6.35. The topological polar surface area (TPSA) is 89.4 Å². The molecule has 0 spiro atoms. The van der Waals surface area contributed by atoms with Crippen LogP contribution in [-0.4, -0.2) is 44.8 Å². The number of hydrogen-bond donors (Lipinski definition) is 1. The molecule has 1 amide bonds. The number of amides is 1. The minimum atomic E-state index is -4.86. The summed E-state index contributed by atoms with van der Waals surface area (Å²) in [5.74, 6) is -2.74. The lowest BCUT2D eigenvalue weighted by Crippen LogP contribution is -2.47. The molecule has 0 radical (unpaired) electrons. The Bertz CT molecular complexity index is 1620. The lowest BCUT2D eigenvalue weighted by molar-refractivity contribution is -0.192. The van der Waals surface area contributed by atoms with Crippen molar-refractivity contribution >= 4 is 23.3 Å². The third-order valence-electron chi connectivity index (χ3n) is 7.50. The fourth-order valence-electron chi connectivity index (χ4n) is 5.18. The van der Waals surface area contributed by atoms with Crippen LogP contribution in [0.2, 0.25) is 0 Å². The van der Waals surface area contributed by atoms with Crippen molar-refractivity contribution in [1.82, 2.24) is 19.7 Å². The van der Waals surface area contributed by atoms with Crippen LogP contribution in [0.15, 0.2) is 85.2 Å². The van der Waals surface area contributed by atoms with Crippen LogP contribution in [-0.2, 0) is 27.1 Å². The average Bonchev–Trinajstić information content (AvgIpc) is 3.41. The first-order valence-corrected chi connectivity index (χ1v) is 13.8. The Morgan fingerprint density at radius 3 is 2.22 bits per heavy atom. The van der Waals surface area contributed by atoms with E-state index in [1.165, 1.54) is 36.5 Å². The molecule has 1 aliphatic carbocycles. The summed E-state index contributed by atoms with van der Waals surface area (Å²) in [4.78, 5) is 29.9. The summed E-state index contributed by atoms with van der Waals surface area (Å²) >= 11 is 0. The number of pyridine rings is 1. The molecule has 45 heavy (non-hydrogen) atoms. The highest BCUT2D eigenvalue weighted by atomic mass is 19.4. The van der Waals surface area contributed by atoms with E-state index in [-0.39, 0.29) is 36.5 Å². The second-order valence-corrected chi connectivity index (χ2v) is 10.6. The van der Waals surface area contributed by atoms with E-state index in [4.69, 9.17) is 4.74 Å². The van der Waals surface area contributed by atoms with E-state index in [9.17, 15) is 35.9 Å². The highest BCUT2D eigenvalue weighted by Gasteiger charge is 2.49. The normalized spacial score (nSPS) is 17.2. The molecule has 1 aliphatic rings. The number of halogens is 6. The molecule has 2 aromatic carbocycles. The highest BCUT2D eigenvalue weighted by molar-refractivity contribution is 5.84. The number of nitrogens with one attached hydrogen (secondary N) is 1. The van der Waals surface area contributed by atoms with E-state index in [1.807, 2.05) is 6.07 Å². The SMILES string of the molecule is CN(C(=O)C1CC(C(=O)OCc2ccccc2)C1)C(c1ccc(Nc2cnn(-c3ccccn3)c2C(F)(F)F)cc1)C(F)(F)F. The van der Waals surface area contributed by atoms with Crippen LogP contribution in [0.4, 0.5) is 37.7 Å². The van der Waals surface area contributed by atoms with Crippen LogP contribution in [0.5, 0.6) is 0 Å². The third kappa shape index (κ3) is 7.10. The number of hydrogen-bond acceptors (Lipinski definition) is 6. The van der Waals surface area contributed by atoms with E-state index in [0.717, 1.165) is 30.9 Å². The van der Waals surface area contributed by atoms with Gasteiger partial charge in [0.05, 0.1) is 17.8 Å². The quantitative estimate of drug-likeness (QED) is 0.160. The Morgan fingerprint density at radius 1 is 0.956 bits per heavy atom. The number of carbonyl (C=O) groups is 2. The molecular formula is C31H27F6N5O3. The second kappa shape index (κ2) is 12.6. The summed E-state index contributed by atoms with van der Waals surface area (Å²) in [6.07, 6.45) is -7.30. The smallest absolute Gasteiger partial charge is 0.435 e. The molecule has 0 aliphatic heterocycles. The zero-order valence-electron chi connectivity index (χ0n) is 23.7. The molecule has 236 valence electrons. The fourth-order valence-corrected chi connectivity index (χ4v) is 5.18. The first-order chi connectivity index (χ1) is 21.3. The average molecular weight is 632 g/mol. The molecule has 14 heteroatoms. The maximum absolute atomic E-state index is 14.2. The molecule has 2 aromatic heterocycles. The second-order valence-electron chi connectivity index (χ2n) is 10.6. The monoisotopic (exact) mass is 631 g/mol. The number of anilines is 2. The summed E-state index contributed by atoms with van der Waals surface area (Å²) in [5.41, 5.74) is -1.01. The molecule has 5 rings (SSSR count). The Balaban J connectivity index is 1.25. The largest absolute Gasteiger partial charge is 0.461 e. The van der Waals surface area contributed by atoms with Gasteiger partial charge in [-0.15, -0.1) is 0 Å². The first kappa shape index (κ1) is 31.5. The van der Waals surface area contributed by atoms with E-state index >= 15 is 0 Å². The highest BCUT2D eigenvalue weighted by Crippen LogP contribution is 2.42. The van der Waals surface area contributed by atoms with Crippen molar-refractivity contribution in [2.24, 2.45) is 11.8 Å². The van der Waals surface area contributed by atoms with Gasteiger partial charge in [-0.1, -0.05) is 48.5 Å². The predicted molar refractivity (Wildman–Crippen MR) is 150 cm³/mol. The van der Waals surface area contributed by atoms with Gasteiger partial charge in [-0.05, 0) is 48.2 Å². The van der Waals surface area contributed by atoms with E-state index in [1.54, 1.807) is 24.3 Å². The molecule has 1 fully saturated rings. The van der Waals surface area contributed by atoms with E-state index < -0.39 is 53.5 Å². The van der Waals surface area contributed by atoms with Crippen molar-refractivity contribution in [2.45, 2.75) is 37.8 Å². The fraction of sp³-hybridized carbons (Fsp3) is 0.290. The van der Waals surface area contributed by atoms with Gasteiger partial charge in [-0.25, -0.2) is 9.67 Å². The number of nitrogens with zero attached hydrogens (tertiary/aromatic N) is 4. The molecular weight excluding hydrogens is 604 g/mol. The van der Waals surface area contributed by atoms with Crippen molar-refractivity contribution in [3.8, 4) is 5.82 Å². The molecule has 1 unspecified atom stereocenters. The van der Waals surface area contributed by atoms with Crippen LogP contribution < -0.4 is 5.32 Å². The number of alkyl halides is 6. The Labute approximate surface area is 253 Å². The van der Waals surface area contributed by atoms with Crippen LogP contribution in [0.25, 0.3) is 5.82 Å². The van der Waals surface area contributed by atoms with Gasteiger partial charge in [-0.2, -0.15) is 31.4 Å². The zero-order chi connectivity index (χ0) is 32.4. The number of rotatable bonds is 9. The van der Waals surface area contributed by atoms with Crippen molar-refractivity contribution in [3.05, 3.63) is 102 Å². The number of aromatic nitrogens is 3. The van der Waals surface area contributed by atoms with Gasteiger partial charge in [0.1, 0.15) is 6.61 Å². The molecule has 1 saturated carbocycles. The van der Waals surface area contributed by atoms with Crippen molar-refractivity contribution in [3.63, 3.8) is 0 Å². The molecule has 1 atom stereocenters. The zero-order valence-corrected chi connectivity index (χ0v) is 23.7. The lowest BCUT2D eigenvalue weighted by Gasteiger charge is -2.38. The van der Waals surface area contributed by atoms with Gasteiger partial charge in [0.15, 0.2) is 17.6 Å². The minimum absolute atomic E-state index is 0.0553. The number of esters is 1. The third-order valence-corrected chi connectivity index (χ3v) is 7.50. The summed E-state index contributed by atoms with van der Waals surface area (Å²) in [7, 11) is 1.04. The number of ether oxygens (including phenoxy) is 1. The van der Waals surface area contributed by atoms with Gasteiger partial charge in [0.2, 0.25) is 5.91 Å². The molecule has 1 N–H and O–H groups in total. The molecule has 4 aromatic rings. The van der Waals surface area contributed by atoms with Gasteiger partial charge in [-0.3, -0.25) is 9.59 Å². The standard InChI is InChI=1S/C31H27F6N5O3/c1-41(28(43)21-15-22(16-21)29(44)45-18-19-7-3-2-4-8-19)26(30(32,33)34)20-10-12-23(13-11-20)40-24-17-39-42(27(24)31(35,36)37)25-9-5-6-14-38-25/h2-14,17,21-22,26,40H,15-16,18H2,1H3. The summed E-state index contributed by atoms with van der Waals surface area (Å²) in [6.45, 7) is 0.0553. The van der Waals surface area contributed by atoms with Crippen LogP contribution in [0.3, 0.4) is 0 Å².